The van der Waals surface area contributed by atoms with E-state index in [0.717, 1.165) is 31.0 Å². The summed E-state index contributed by atoms with van der Waals surface area (Å²) in [7, 11) is 2.18. The van der Waals surface area contributed by atoms with E-state index in [9.17, 15) is 4.79 Å². The molecule has 1 N–H and O–H groups in total. The number of halogens is 1. The highest BCUT2D eigenvalue weighted by Crippen LogP contribution is 2.21. The molecule has 0 radical (unpaired) electrons. The van der Waals surface area contributed by atoms with Crippen LogP contribution in [0.25, 0.3) is 0 Å². The van der Waals surface area contributed by atoms with Crippen molar-refractivity contribution in [2.24, 2.45) is 5.92 Å². The third-order valence-corrected chi connectivity index (χ3v) is 4.89. The van der Waals surface area contributed by atoms with Crippen LogP contribution in [0.4, 0.5) is 5.69 Å². The molecule has 21 heavy (non-hydrogen) atoms. The monoisotopic (exact) mass is 356 g/mol. The fourth-order valence-electron chi connectivity index (χ4n) is 2.72. The summed E-state index contributed by atoms with van der Waals surface area (Å²) in [5.74, 6) is 0.792. The Morgan fingerprint density at radius 2 is 2.14 bits per heavy atom. The number of nitrogens with one attached hydrogen (secondary N) is 1. The van der Waals surface area contributed by atoms with Crippen molar-refractivity contribution >= 4 is 21.6 Å². The van der Waals surface area contributed by atoms with Gasteiger partial charge in [-0.15, -0.1) is 0 Å². The minimum absolute atomic E-state index is 0.0545. The molecule has 118 valence electrons. The van der Waals surface area contributed by atoms with Gasteiger partial charge in [0.1, 0.15) is 4.47 Å². The van der Waals surface area contributed by atoms with E-state index < -0.39 is 0 Å². The van der Waals surface area contributed by atoms with E-state index in [1.807, 2.05) is 6.92 Å². The van der Waals surface area contributed by atoms with Crippen molar-refractivity contribution in [3.63, 3.8) is 0 Å². The second-order valence-corrected chi connectivity index (χ2v) is 6.66. The largest absolute Gasteiger partial charge is 0.383 e. The van der Waals surface area contributed by atoms with Gasteiger partial charge in [0.25, 0.3) is 5.56 Å². The van der Waals surface area contributed by atoms with E-state index >= 15 is 0 Å². The van der Waals surface area contributed by atoms with Crippen LogP contribution in [0.5, 0.6) is 0 Å². The average Bonchev–Trinajstić information content (AvgIpc) is 2.48. The maximum atomic E-state index is 12.1. The zero-order valence-corrected chi connectivity index (χ0v) is 14.5. The minimum Gasteiger partial charge on any atom is -0.383 e. The van der Waals surface area contributed by atoms with Crippen LogP contribution in [0.2, 0.25) is 0 Å². The smallest absolute Gasteiger partial charge is 0.283 e. The standard InChI is InChI=1S/C15H25BrN4O/c1-3-8-20-15(21)14(16)13(11-18-20)17-7-4-12-5-9-19(2)10-6-12/h11-12,17H,3-10H2,1-2H3. The van der Waals surface area contributed by atoms with Crippen molar-refractivity contribution in [1.82, 2.24) is 14.7 Å². The summed E-state index contributed by atoms with van der Waals surface area (Å²) < 4.78 is 2.10. The first kappa shape index (κ1) is 16.5. The van der Waals surface area contributed by atoms with Crippen LogP contribution in [0.1, 0.15) is 32.6 Å². The summed E-state index contributed by atoms with van der Waals surface area (Å²) in [5, 5.41) is 7.55. The molecule has 0 saturated carbocycles. The molecular formula is C15H25BrN4O. The number of aromatic nitrogens is 2. The number of nitrogens with zero attached hydrogens (tertiary/aromatic N) is 3. The third kappa shape index (κ3) is 4.54. The molecule has 1 saturated heterocycles. The van der Waals surface area contributed by atoms with Crippen molar-refractivity contribution in [3.05, 3.63) is 21.0 Å². The van der Waals surface area contributed by atoms with Gasteiger partial charge in [-0.25, -0.2) is 4.68 Å². The van der Waals surface area contributed by atoms with Gasteiger partial charge in [-0.1, -0.05) is 6.92 Å². The summed E-state index contributed by atoms with van der Waals surface area (Å²) in [6.45, 7) is 5.99. The number of aryl methyl sites for hydroxylation is 1. The van der Waals surface area contributed by atoms with Crippen LogP contribution in [0, 0.1) is 5.92 Å². The van der Waals surface area contributed by atoms with Gasteiger partial charge in [-0.3, -0.25) is 4.79 Å². The molecule has 0 atom stereocenters. The van der Waals surface area contributed by atoms with Gasteiger partial charge in [-0.05, 0) is 67.7 Å². The van der Waals surface area contributed by atoms with Crippen LogP contribution in [0.15, 0.2) is 15.5 Å². The second-order valence-electron chi connectivity index (χ2n) is 5.86. The van der Waals surface area contributed by atoms with E-state index in [4.69, 9.17) is 0 Å². The lowest BCUT2D eigenvalue weighted by atomic mass is 9.94. The normalized spacial score (nSPS) is 17.1. The predicted octanol–water partition coefficient (Wildman–Crippen LogP) is 2.56. The highest BCUT2D eigenvalue weighted by atomic mass is 79.9. The van der Waals surface area contributed by atoms with Crippen LogP contribution in [0.3, 0.4) is 0 Å². The molecule has 1 aliphatic heterocycles. The second kappa shape index (κ2) is 7.94. The molecular weight excluding hydrogens is 332 g/mol. The Morgan fingerprint density at radius 3 is 2.81 bits per heavy atom. The van der Waals surface area contributed by atoms with Gasteiger partial charge in [0.2, 0.25) is 0 Å². The summed E-state index contributed by atoms with van der Waals surface area (Å²) in [6.07, 6.45) is 6.35. The Hall–Kier alpha value is -0.880. The summed E-state index contributed by atoms with van der Waals surface area (Å²) >= 11 is 3.39. The summed E-state index contributed by atoms with van der Waals surface area (Å²) in [4.78, 5) is 14.5. The first-order valence-corrected chi connectivity index (χ1v) is 8.59. The van der Waals surface area contributed by atoms with E-state index in [1.165, 1.54) is 30.6 Å². The molecule has 0 spiro atoms. The molecule has 6 heteroatoms. The van der Waals surface area contributed by atoms with E-state index in [2.05, 4.69) is 38.3 Å². The van der Waals surface area contributed by atoms with E-state index in [-0.39, 0.29) is 5.56 Å². The molecule has 2 rings (SSSR count). The Kier molecular flexibility index (Phi) is 6.23. The third-order valence-electron chi connectivity index (χ3n) is 4.13. The number of likely N-dealkylation sites (tertiary alicyclic amines) is 1. The number of rotatable bonds is 6. The van der Waals surface area contributed by atoms with Crippen LogP contribution in [-0.4, -0.2) is 41.4 Å². The van der Waals surface area contributed by atoms with Gasteiger partial charge < -0.3 is 10.2 Å². The van der Waals surface area contributed by atoms with Crippen molar-refractivity contribution in [3.8, 4) is 0 Å². The van der Waals surface area contributed by atoms with E-state index in [1.54, 1.807) is 6.20 Å². The molecule has 5 nitrogen and oxygen atoms in total. The number of anilines is 1. The Balaban J connectivity index is 1.86. The maximum absolute atomic E-state index is 12.1. The van der Waals surface area contributed by atoms with Gasteiger partial charge in [0, 0.05) is 13.1 Å². The topological polar surface area (TPSA) is 50.2 Å². The summed E-state index contributed by atoms with van der Waals surface area (Å²) in [6, 6.07) is 0. The average molecular weight is 357 g/mol. The van der Waals surface area contributed by atoms with Crippen molar-refractivity contribution < 1.29 is 0 Å². The molecule has 1 aromatic rings. The highest BCUT2D eigenvalue weighted by Gasteiger charge is 2.16. The zero-order chi connectivity index (χ0) is 15.2. The van der Waals surface area contributed by atoms with Gasteiger partial charge in [0.15, 0.2) is 0 Å². The van der Waals surface area contributed by atoms with Crippen LogP contribution >= 0.6 is 15.9 Å². The maximum Gasteiger partial charge on any atom is 0.283 e. The lowest BCUT2D eigenvalue weighted by Crippen LogP contribution is -2.31. The molecule has 1 fully saturated rings. The van der Waals surface area contributed by atoms with Gasteiger partial charge >= 0.3 is 0 Å². The molecule has 2 heterocycles. The molecule has 1 aromatic heterocycles. The van der Waals surface area contributed by atoms with Crippen LogP contribution in [-0.2, 0) is 6.54 Å². The fourth-order valence-corrected chi connectivity index (χ4v) is 3.17. The first-order valence-electron chi connectivity index (χ1n) is 7.79. The SMILES string of the molecule is CCCn1ncc(NCCC2CCN(C)CC2)c(Br)c1=O. The quantitative estimate of drug-likeness (QED) is 0.850. The fraction of sp³-hybridized carbons (Fsp3) is 0.733. The number of hydrogen-bond donors (Lipinski definition) is 1. The lowest BCUT2D eigenvalue weighted by Gasteiger charge is -2.29. The van der Waals surface area contributed by atoms with Gasteiger partial charge in [0.05, 0.1) is 11.9 Å². The molecule has 1 aliphatic rings. The van der Waals surface area contributed by atoms with Crippen molar-refractivity contribution in [2.75, 3.05) is 32.0 Å². The predicted molar refractivity (Wildman–Crippen MR) is 89.8 cm³/mol. The number of hydrogen-bond acceptors (Lipinski definition) is 4. The van der Waals surface area contributed by atoms with Crippen LogP contribution < -0.4 is 10.9 Å². The highest BCUT2D eigenvalue weighted by molar-refractivity contribution is 9.10. The summed E-state index contributed by atoms with van der Waals surface area (Å²) in [5.41, 5.74) is 0.751. The molecule has 0 aromatic carbocycles. The lowest BCUT2D eigenvalue weighted by molar-refractivity contribution is 0.215. The van der Waals surface area contributed by atoms with E-state index in [0.29, 0.717) is 11.0 Å². The van der Waals surface area contributed by atoms with Gasteiger partial charge in [-0.2, -0.15) is 5.10 Å². The molecule has 0 aliphatic carbocycles. The Morgan fingerprint density at radius 1 is 1.43 bits per heavy atom. The first-order chi connectivity index (χ1) is 10.1. The van der Waals surface area contributed by atoms with Crippen molar-refractivity contribution in [2.45, 2.75) is 39.2 Å². The minimum atomic E-state index is -0.0545. The Bertz CT molecular complexity index is 509. The molecule has 0 amide bonds. The molecule has 0 bridgehead atoms. The Labute approximate surface area is 134 Å². The van der Waals surface area contributed by atoms with Crippen molar-refractivity contribution in [1.29, 1.82) is 0 Å². The number of piperidine rings is 1. The zero-order valence-electron chi connectivity index (χ0n) is 12.9. The molecule has 0 unspecified atom stereocenters.